The molecule has 116 valence electrons. The topological polar surface area (TPSA) is 59.7 Å². The molecule has 2 aromatic rings. The summed E-state index contributed by atoms with van der Waals surface area (Å²) < 4.78 is 11.7. The SMILES string of the molecule is Cc1c2c(cc3c4c(c(=O)oc13)CCC4)[C@@H](O)CC(C)(C)O2. The van der Waals surface area contributed by atoms with Crippen molar-refractivity contribution in [3.8, 4) is 5.75 Å². The van der Waals surface area contributed by atoms with Crippen molar-refractivity contribution < 1.29 is 14.3 Å². The molecule has 2 aliphatic rings. The maximum absolute atomic E-state index is 12.2. The fraction of sp³-hybridized carbons (Fsp3) is 0.500. The lowest BCUT2D eigenvalue weighted by molar-refractivity contribution is 0.0111. The number of hydrogen-bond acceptors (Lipinski definition) is 4. The van der Waals surface area contributed by atoms with E-state index in [4.69, 9.17) is 9.15 Å². The highest BCUT2D eigenvalue weighted by atomic mass is 16.5. The first-order chi connectivity index (χ1) is 10.4. The predicted octanol–water partition coefficient (Wildman–Crippen LogP) is 3.18. The highest BCUT2D eigenvalue weighted by Gasteiger charge is 2.35. The number of aliphatic hydroxyl groups excluding tert-OH is 1. The molecule has 0 unspecified atom stereocenters. The molecular weight excluding hydrogens is 280 g/mol. The molecule has 1 aromatic carbocycles. The van der Waals surface area contributed by atoms with Crippen molar-refractivity contribution >= 4 is 11.0 Å². The van der Waals surface area contributed by atoms with E-state index in [1.807, 2.05) is 26.8 Å². The Hall–Kier alpha value is -1.81. The van der Waals surface area contributed by atoms with Gasteiger partial charge < -0.3 is 14.3 Å². The van der Waals surface area contributed by atoms with Crippen LogP contribution in [-0.2, 0) is 12.8 Å². The molecule has 1 aromatic heterocycles. The molecule has 0 amide bonds. The molecule has 1 aliphatic heterocycles. The van der Waals surface area contributed by atoms with Crippen molar-refractivity contribution in [1.29, 1.82) is 0 Å². The summed E-state index contributed by atoms with van der Waals surface area (Å²) in [6.45, 7) is 5.82. The lowest BCUT2D eigenvalue weighted by Crippen LogP contribution is -2.35. The predicted molar refractivity (Wildman–Crippen MR) is 83.5 cm³/mol. The molecule has 1 atom stereocenters. The van der Waals surface area contributed by atoms with Crippen LogP contribution in [0.5, 0.6) is 5.75 Å². The van der Waals surface area contributed by atoms with Crippen LogP contribution in [0.25, 0.3) is 11.0 Å². The van der Waals surface area contributed by atoms with Crippen molar-refractivity contribution in [1.82, 2.24) is 0 Å². The molecule has 4 rings (SSSR count). The number of ether oxygens (including phenoxy) is 1. The third-order valence-electron chi connectivity index (χ3n) is 4.89. The summed E-state index contributed by atoms with van der Waals surface area (Å²) in [7, 11) is 0. The number of rotatable bonds is 0. The third kappa shape index (κ3) is 1.83. The molecule has 0 fully saturated rings. The largest absolute Gasteiger partial charge is 0.487 e. The van der Waals surface area contributed by atoms with Gasteiger partial charge in [-0.15, -0.1) is 0 Å². The molecule has 1 aliphatic carbocycles. The summed E-state index contributed by atoms with van der Waals surface area (Å²) in [5.41, 5.74) is 3.47. The summed E-state index contributed by atoms with van der Waals surface area (Å²) in [6.07, 6.45) is 2.69. The first kappa shape index (κ1) is 13.8. The van der Waals surface area contributed by atoms with E-state index in [-0.39, 0.29) is 5.63 Å². The van der Waals surface area contributed by atoms with Gasteiger partial charge in [0.25, 0.3) is 0 Å². The normalized spacial score (nSPS) is 22.3. The van der Waals surface area contributed by atoms with Crippen LogP contribution in [0.15, 0.2) is 15.3 Å². The molecule has 1 N–H and O–H groups in total. The molecule has 0 saturated heterocycles. The molecular formula is C18H20O4. The monoisotopic (exact) mass is 300 g/mol. The summed E-state index contributed by atoms with van der Waals surface area (Å²) >= 11 is 0. The molecule has 4 heteroatoms. The van der Waals surface area contributed by atoms with Crippen LogP contribution in [0.1, 0.15) is 55.0 Å². The van der Waals surface area contributed by atoms with E-state index in [9.17, 15) is 9.90 Å². The van der Waals surface area contributed by atoms with Crippen LogP contribution in [-0.4, -0.2) is 10.7 Å². The second kappa shape index (κ2) is 4.35. The summed E-state index contributed by atoms with van der Waals surface area (Å²) in [4.78, 5) is 12.2. The van der Waals surface area contributed by atoms with Gasteiger partial charge in [0.05, 0.1) is 6.10 Å². The van der Waals surface area contributed by atoms with Crippen LogP contribution in [0.2, 0.25) is 0 Å². The van der Waals surface area contributed by atoms with Gasteiger partial charge >= 0.3 is 5.63 Å². The third-order valence-corrected chi connectivity index (χ3v) is 4.89. The molecule has 0 radical (unpaired) electrons. The van der Waals surface area contributed by atoms with Crippen molar-refractivity contribution in [2.45, 2.75) is 58.2 Å². The van der Waals surface area contributed by atoms with Gasteiger partial charge in [-0.1, -0.05) is 0 Å². The van der Waals surface area contributed by atoms with Gasteiger partial charge in [-0.3, -0.25) is 0 Å². The quantitative estimate of drug-likeness (QED) is 0.759. The van der Waals surface area contributed by atoms with Crippen LogP contribution >= 0.6 is 0 Å². The van der Waals surface area contributed by atoms with E-state index in [2.05, 4.69) is 0 Å². The second-order valence-corrected chi connectivity index (χ2v) is 7.08. The van der Waals surface area contributed by atoms with Crippen LogP contribution in [0, 0.1) is 6.92 Å². The van der Waals surface area contributed by atoms with Crippen LogP contribution in [0.4, 0.5) is 0 Å². The molecule has 0 saturated carbocycles. The van der Waals surface area contributed by atoms with E-state index >= 15 is 0 Å². The first-order valence-electron chi connectivity index (χ1n) is 7.86. The van der Waals surface area contributed by atoms with Crippen molar-refractivity contribution in [3.63, 3.8) is 0 Å². The van der Waals surface area contributed by atoms with Gasteiger partial charge in [0.2, 0.25) is 0 Å². The minimum absolute atomic E-state index is 0.223. The van der Waals surface area contributed by atoms with Gasteiger partial charge in [0.1, 0.15) is 16.9 Å². The van der Waals surface area contributed by atoms with E-state index in [1.54, 1.807) is 0 Å². The number of benzene rings is 1. The molecule has 22 heavy (non-hydrogen) atoms. The standard InChI is InChI=1S/C18H20O4/c1-9-15-12(10-5-4-6-11(10)17(20)21-15)7-13-14(19)8-18(2,3)22-16(9)13/h7,14,19H,4-6,8H2,1-3H3/t14-/m0/s1. The van der Waals surface area contributed by atoms with E-state index < -0.39 is 11.7 Å². The van der Waals surface area contributed by atoms with Gasteiger partial charge in [0.15, 0.2) is 0 Å². The number of aliphatic hydroxyl groups is 1. The molecule has 0 spiro atoms. The van der Waals surface area contributed by atoms with Gasteiger partial charge in [0, 0.05) is 28.5 Å². The fourth-order valence-electron chi connectivity index (χ4n) is 3.86. The summed E-state index contributed by atoms with van der Waals surface area (Å²) in [5.74, 6) is 0.664. The molecule has 2 heterocycles. The Morgan fingerprint density at radius 1 is 1.27 bits per heavy atom. The Balaban J connectivity index is 2.08. The number of hydrogen-bond donors (Lipinski definition) is 1. The first-order valence-corrected chi connectivity index (χ1v) is 7.86. The summed E-state index contributed by atoms with van der Waals surface area (Å²) in [5, 5.41) is 11.5. The second-order valence-electron chi connectivity index (χ2n) is 7.08. The zero-order valence-corrected chi connectivity index (χ0v) is 13.2. The van der Waals surface area contributed by atoms with Crippen LogP contribution in [0.3, 0.4) is 0 Å². The Morgan fingerprint density at radius 3 is 2.77 bits per heavy atom. The number of aryl methyl sites for hydroxylation is 2. The smallest absolute Gasteiger partial charge is 0.339 e. The zero-order valence-electron chi connectivity index (χ0n) is 13.2. The Morgan fingerprint density at radius 2 is 2.00 bits per heavy atom. The van der Waals surface area contributed by atoms with Crippen molar-refractivity contribution in [3.05, 3.63) is 38.7 Å². The van der Waals surface area contributed by atoms with E-state index in [0.717, 1.165) is 46.9 Å². The lowest BCUT2D eigenvalue weighted by atomic mass is 9.88. The van der Waals surface area contributed by atoms with Crippen molar-refractivity contribution in [2.24, 2.45) is 0 Å². The molecule has 0 bridgehead atoms. The Kier molecular flexibility index (Phi) is 2.74. The van der Waals surface area contributed by atoms with Gasteiger partial charge in [-0.25, -0.2) is 4.79 Å². The maximum Gasteiger partial charge on any atom is 0.339 e. The van der Waals surface area contributed by atoms with E-state index in [0.29, 0.717) is 17.8 Å². The number of fused-ring (bicyclic) bond motifs is 4. The highest BCUT2D eigenvalue weighted by Crippen LogP contribution is 2.45. The zero-order chi connectivity index (χ0) is 15.6. The summed E-state index contributed by atoms with van der Waals surface area (Å²) in [6, 6.07) is 1.96. The minimum atomic E-state index is -0.550. The van der Waals surface area contributed by atoms with E-state index in [1.165, 1.54) is 0 Å². The average molecular weight is 300 g/mol. The highest BCUT2D eigenvalue weighted by molar-refractivity contribution is 5.87. The van der Waals surface area contributed by atoms with Crippen molar-refractivity contribution in [2.75, 3.05) is 0 Å². The Labute approximate surface area is 128 Å². The fourth-order valence-corrected chi connectivity index (χ4v) is 3.86. The average Bonchev–Trinajstić information content (AvgIpc) is 2.91. The van der Waals surface area contributed by atoms with Gasteiger partial charge in [-0.05, 0) is 51.7 Å². The maximum atomic E-state index is 12.2. The van der Waals surface area contributed by atoms with Crippen LogP contribution < -0.4 is 10.4 Å². The molecule has 4 nitrogen and oxygen atoms in total. The Bertz CT molecular complexity index is 845. The van der Waals surface area contributed by atoms with Gasteiger partial charge in [-0.2, -0.15) is 0 Å². The minimum Gasteiger partial charge on any atom is -0.487 e. The lowest BCUT2D eigenvalue weighted by Gasteiger charge is -2.36.